The molecule has 1 aliphatic heterocycles. The van der Waals surface area contributed by atoms with E-state index in [0.29, 0.717) is 36.4 Å². The van der Waals surface area contributed by atoms with E-state index in [-0.39, 0.29) is 12.5 Å². The maximum Gasteiger partial charge on any atom is 0.228 e. The molecule has 0 saturated carbocycles. The van der Waals surface area contributed by atoms with Gasteiger partial charge in [-0.2, -0.15) is 0 Å². The van der Waals surface area contributed by atoms with Crippen LogP contribution in [0.3, 0.4) is 0 Å². The van der Waals surface area contributed by atoms with Crippen LogP contribution in [0.4, 0.5) is 5.69 Å². The summed E-state index contributed by atoms with van der Waals surface area (Å²) in [6.07, 6.45) is 2.48. The fourth-order valence-electron chi connectivity index (χ4n) is 3.71. The Morgan fingerprint density at radius 2 is 2.00 bits per heavy atom. The van der Waals surface area contributed by atoms with E-state index in [0.717, 1.165) is 16.4 Å². The molecule has 0 radical (unpaired) electrons. The largest absolute Gasteiger partial charge is 0.495 e. The number of para-hydroxylation sites is 1. The van der Waals surface area contributed by atoms with Gasteiger partial charge in [0.1, 0.15) is 16.9 Å². The molecule has 0 bridgehead atoms. The number of hydrogen-bond acceptors (Lipinski definition) is 5. The number of fused-ring (bicyclic) bond motifs is 3. The van der Waals surface area contributed by atoms with Crippen LogP contribution in [0.15, 0.2) is 40.8 Å². The molecule has 1 aliphatic rings. The lowest BCUT2D eigenvalue weighted by Crippen LogP contribution is -2.43. The van der Waals surface area contributed by atoms with Crippen molar-refractivity contribution in [3.05, 3.63) is 36.4 Å². The van der Waals surface area contributed by atoms with E-state index >= 15 is 0 Å². The minimum absolute atomic E-state index is 0.194. The maximum atomic E-state index is 12.8. The smallest absolute Gasteiger partial charge is 0.228 e. The van der Waals surface area contributed by atoms with Crippen molar-refractivity contribution in [3.63, 3.8) is 0 Å². The number of rotatable bonds is 4. The highest BCUT2D eigenvalue weighted by Crippen LogP contribution is 2.36. The van der Waals surface area contributed by atoms with Crippen molar-refractivity contribution in [2.75, 3.05) is 31.8 Å². The number of furan rings is 1. The normalized spacial score (nSPS) is 18.4. The van der Waals surface area contributed by atoms with E-state index in [4.69, 9.17) is 9.15 Å². The maximum absolute atomic E-state index is 12.8. The van der Waals surface area contributed by atoms with Crippen molar-refractivity contribution in [2.24, 2.45) is 5.92 Å². The lowest BCUT2D eigenvalue weighted by atomic mass is 9.98. The molecule has 1 atom stereocenters. The van der Waals surface area contributed by atoms with Crippen LogP contribution in [0.25, 0.3) is 21.9 Å². The summed E-state index contributed by atoms with van der Waals surface area (Å²) in [5, 5.41) is 4.78. The molecule has 8 heteroatoms. The van der Waals surface area contributed by atoms with Crippen LogP contribution in [-0.4, -0.2) is 45.1 Å². The number of ether oxygens (including phenoxy) is 1. The fourth-order valence-corrected chi connectivity index (χ4v) is 4.62. The van der Waals surface area contributed by atoms with Gasteiger partial charge in [0.15, 0.2) is 0 Å². The monoisotopic (exact) mass is 402 g/mol. The highest BCUT2D eigenvalue weighted by Gasteiger charge is 2.30. The summed E-state index contributed by atoms with van der Waals surface area (Å²) in [6, 6.07) is 11.3. The van der Waals surface area contributed by atoms with Crippen LogP contribution < -0.4 is 10.1 Å². The zero-order valence-corrected chi connectivity index (χ0v) is 16.6. The van der Waals surface area contributed by atoms with Crippen molar-refractivity contribution in [2.45, 2.75) is 12.8 Å². The first-order valence-corrected chi connectivity index (χ1v) is 11.0. The quantitative estimate of drug-likeness (QED) is 0.724. The number of benzene rings is 2. The first-order valence-electron chi connectivity index (χ1n) is 9.12. The third-order valence-corrected chi connectivity index (χ3v) is 6.45. The van der Waals surface area contributed by atoms with E-state index in [9.17, 15) is 13.2 Å². The Kier molecular flexibility index (Phi) is 4.76. The van der Waals surface area contributed by atoms with Gasteiger partial charge in [-0.15, -0.1) is 0 Å². The summed E-state index contributed by atoms with van der Waals surface area (Å²) >= 11 is 0. The molecule has 1 aromatic heterocycles. The molecular formula is C20H22N2O5S. The molecule has 0 spiro atoms. The zero-order valence-electron chi connectivity index (χ0n) is 15.8. The fraction of sp³-hybridized carbons (Fsp3) is 0.350. The van der Waals surface area contributed by atoms with Gasteiger partial charge < -0.3 is 14.5 Å². The first kappa shape index (κ1) is 18.8. The van der Waals surface area contributed by atoms with Gasteiger partial charge in [0.25, 0.3) is 0 Å². The van der Waals surface area contributed by atoms with Crippen LogP contribution in [0.5, 0.6) is 5.75 Å². The SMILES string of the molecule is COc1cc2c(cc1NC(=O)[C@@H]1CCCN(S(C)(=O)=O)C1)oc1ccccc12. The molecule has 0 unspecified atom stereocenters. The van der Waals surface area contributed by atoms with Gasteiger partial charge in [0.05, 0.1) is 25.0 Å². The van der Waals surface area contributed by atoms with Gasteiger partial charge in [-0.05, 0) is 25.0 Å². The molecular weight excluding hydrogens is 380 g/mol. The highest BCUT2D eigenvalue weighted by atomic mass is 32.2. The van der Waals surface area contributed by atoms with Gasteiger partial charge in [-0.3, -0.25) is 4.79 Å². The zero-order chi connectivity index (χ0) is 19.9. The Hall–Kier alpha value is -2.58. The molecule has 2 aromatic carbocycles. The lowest BCUT2D eigenvalue weighted by molar-refractivity contribution is -0.120. The number of anilines is 1. The molecule has 3 aromatic rings. The van der Waals surface area contributed by atoms with Crippen LogP contribution >= 0.6 is 0 Å². The molecule has 1 fully saturated rings. The van der Waals surface area contributed by atoms with Crippen molar-refractivity contribution in [3.8, 4) is 5.75 Å². The van der Waals surface area contributed by atoms with E-state index in [1.165, 1.54) is 10.6 Å². The minimum Gasteiger partial charge on any atom is -0.495 e. The van der Waals surface area contributed by atoms with Crippen molar-refractivity contribution < 1.29 is 22.4 Å². The molecule has 28 heavy (non-hydrogen) atoms. The summed E-state index contributed by atoms with van der Waals surface area (Å²) < 4.78 is 36.3. The minimum atomic E-state index is -3.31. The number of amides is 1. The van der Waals surface area contributed by atoms with Gasteiger partial charge in [0, 0.05) is 29.9 Å². The molecule has 4 rings (SSSR count). The van der Waals surface area contributed by atoms with Crippen molar-refractivity contribution in [1.82, 2.24) is 4.31 Å². The van der Waals surface area contributed by atoms with E-state index < -0.39 is 15.9 Å². The number of carbonyl (C=O) groups is 1. The highest BCUT2D eigenvalue weighted by molar-refractivity contribution is 7.88. The van der Waals surface area contributed by atoms with Crippen LogP contribution in [-0.2, 0) is 14.8 Å². The Balaban J connectivity index is 1.63. The summed E-state index contributed by atoms with van der Waals surface area (Å²) in [7, 11) is -1.76. The number of sulfonamides is 1. The summed E-state index contributed by atoms with van der Waals surface area (Å²) in [4.78, 5) is 12.8. The second kappa shape index (κ2) is 7.10. The summed E-state index contributed by atoms with van der Waals surface area (Å²) in [6.45, 7) is 0.650. The Labute approximate surface area is 163 Å². The summed E-state index contributed by atoms with van der Waals surface area (Å²) in [5.74, 6) is -0.0927. The molecule has 148 valence electrons. The average Bonchev–Trinajstić information content (AvgIpc) is 3.04. The van der Waals surface area contributed by atoms with Crippen LogP contribution in [0, 0.1) is 5.92 Å². The predicted molar refractivity (Wildman–Crippen MR) is 108 cm³/mol. The predicted octanol–water partition coefficient (Wildman–Crippen LogP) is 3.20. The molecule has 2 heterocycles. The van der Waals surface area contributed by atoms with Crippen LogP contribution in [0.1, 0.15) is 12.8 Å². The number of nitrogens with one attached hydrogen (secondary N) is 1. The third kappa shape index (κ3) is 3.45. The van der Waals surface area contributed by atoms with E-state index in [1.54, 1.807) is 13.2 Å². The van der Waals surface area contributed by atoms with E-state index in [1.807, 2.05) is 30.3 Å². The number of nitrogens with zero attached hydrogens (tertiary/aromatic N) is 1. The van der Waals surface area contributed by atoms with Crippen molar-refractivity contribution >= 4 is 43.6 Å². The molecule has 7 nitrogen and oxygen atoms in total. The number of hydrogen-bond donors (Lipinski definition) is 1. The average molecular weight is 402 g/mol. The number of methoxy groups -OCH3 is 1. The van der Waals surface area contributed by atoms with Gasteiger partial charge in [0.2, 0.25) is 15.9 Å². The van der Waals surface area contributed by atoms with Gasteiger partial charge >= 0.3 is 0 Å². The van der Waals surface area contributed by atoms with Crippen molar-refractivity contribution in [1.29, 1.82) is 0 Å². The van der Waals surface area contributed by atoms with Crippen LogP contribution in [0.2, 0.25) is 0 Å². The second-order valence-corrected chi connectivity index (χ2v) is 9.08. The Morgan fingerprint density at radius 1 is 1.21 bits per heavy atom. The van der Waals surface area contributed by atoms with E-state index in [2.05, 4.69) is 5.32 Å². The molecule has 1 N–H and O–H groups in total. The van der Waals surface area contributed by atoms with Gasteiger partial charge in [-0.25, -0.2) is 12.7 Å². The van der Waals surface area contributed by atoms with Gasteiger partial charge in [-0.1, -0.05) is 18.2 Å². The number of carbonyl (C=O) groups excluding carboxylic acids is 1. The second-order valence-electron chi connectivity index (χ2n) is 7.10. The topological polar surface area (TPSA) is 88.9 Å². The standard InChI is InChI=1S/C20H22N2O5S/c1-26-19-10-15-14-7-3-4-8-17(14)27-18(15)11-16(19)21-20(23)13-6-5-9-22(12-13)28(2,24)25/h3-4,7-8,10-11,13H,5-6,9,12H2,1-2H3,(H,21,23)/t13-/m1/s1. The molecule has 1 amide bonds. The molecule has 1 saturated heterocycles. The Bertz CT molecular complexity index is 1150. The third-order valence-electron chi connectivity index (χ3n) is 5.18. The Morgan fingerprint density at radius 3 is 2.75 bits per heavy atom. The summed E-state index contributed by atoms with van der Waals surface area (Å²) in [5.41, 5.74) is 1.92. The lowest BCUT2D eigenvalue weighted by Gasteiger charge is -2.30. The molecule has 0 aliphatic carbocycles. The number of piperidine rings is 1. The first-order chi connectivity index (χ1) is 13.4.